The first kappa shape index (κ1) is 17.3. The Balaban J connectivity index is 0.00000289. The molecule has 0 aliphatic heterocycles. The van der Waals surface area contributed by atoms with Crippen molar-refractivity contribution in [3.8, 4) is 5.75 Å². The fourth-order valence-corrected chi connectivity index (χ4v) is 1.61. The topological polar surface area (TPSA) is 64.3 Å². The third-order valence-corrected chi connectivity index (χ3v) is 2.54. The predicted molar refractivity (Wildman–Crippen MR) is 75.9 cm³/mol. The van der Waals surface area contributed by atoms with Crippen LogP contribution in [-0.4, -0.2) is 25.1 Å². The molecule has 1 aromatic carbocycles. The molecular formula is C11H15Cl3N2O2. The van der Waals surface area contributed by atoms with Crippen molar-refractivity contribution >= 4 is 41.5 Å². The van der Waals surface area contributed by atoms with Gasteiger partial charge in [0.2, 0.25) is 0 Å². The Bertz CT molecular complexity index is 402. The zero-order valence-electron chi connectivity index (χ0n) is 9.78. The van der Waals surface area contributed by atoms with Crippen molar-refractivity contribution in [2.45, 2.75) is 13.0 Å². The minimum atomic E-state index is -0.639. The third-order valence-electron chi connectivity index (χ3n) is 2.01. The number of hydrogen-bond donors (Lipinski definition) is 2. The Morgan fingerprint density at radius 2 is 2.17 bits per heavy atom. The third kappa shape index (κ3) is 5.31. The van der Waals surface area contributed by atoms with Gasteiger partial charge in [-0.05, 0) is 25.1 Å². The van der Waals surface area contributed by atoms with E-state index in [4.69, 9.17) is 33.7 Å². The standard InChI is InChI=1S/C11H14Cl2N2O2.ClH/c1-7(11(16)15-5-4-14)17-10-3-2-8(12)6-9(10)13;/h2-3,6-7H,4-5,14H2,1H3,(H,15,16);1H. The normalized spacial score (nSPS) is 11.3. The molecule has 4 nitrogen and oxygen atoms in total. The van der Waals surface area contributed by atoms with Crippen LogP contribution in [0.15, 0.2) is 18.2 Å². The second-order valence-electron chi connectivity index (χ2n) is 3.41. The van der Waals surface area contributed by atoms with E-state index in [9.17, 15) is 4.79 Å². The molecule has 0 radical (unpaired) electrons. The molecule has 1 amide bonds. The highest BCUT2D eigenvalue weighted by Crippen LogP contribution is 2.28. The molecule has 0 fully saturated rings. The minimum Gasteiger partial charge on any atom is -0.479 e. The summed E-state index contributed by atoms with van der Waals surface area (Å²) < 4.78 is 5.42. The lowest BCUT2D eigenvalue weighted by atomic mass is 10.3. The zero-order valence-corrected chi connectivity index (χ0v) is 12.1. The van der Waals surface area contributed by atoms with Crippen LogP contribution in [0.4, 0.5) is 0 Å². The SMILES string of the molecule is CC(Oc1ccc(Cl)cc1Cl)C(=O)NCCN.Cl. The van der Waals surface area contributed by atoms with Gasteiger partial charge in [0.05, 0.1) is 5.02 Å². The van der Waals surface area contributed by atoms with Crippen LogP contribution in [0.2, 0.25) is 10.0 Å². The summed E-state index contributed by atoms with van der Waals surface area (Å²) in [6.07, 6.45) is -0.639. The number of nitrogens with two attached hydrogens (primary N) is 1. The van der Waals surface area contributed by atoms with Crippen LogP contribution in [-0.2, 0) is 4.79 Å². The number of benzene rings is 1. The molecule has 0 aromatic heterocycles. The number of carbonyl (C=O) groups excluding carboxylic acids is 1. The molecular weight excluding hydrogens is 298 g/mol. The van der Waals surface area contributed by atoms with E-state index in [2.05, 4.69) is 5.32 Å². The predicted octanol–water partition coefficient (Wildman–Crippen LogP) is 2.26. The fourth-order valence-electron chi connectivity index (χ4n) is 1.15. The molecule has 7 heteroatoms. The molecule has 0 bridgehead atoms. The summed E-state index contributed by atoms with van der Waals surface area (Å²) in [4.78, 5) is 11.5. The summed E-state index contributed by atoms with van der Waals surface area (Å²) >= 11 is 11.7. The first-order chi connectivity index (χ1) is 8.04. The van der Waals surface area contributed by atoms with E-state index in [0.29, 0.717) is 28.9 Å². The number of rotatable bonds is 5. The van der Waals surface area contributed by atoms with E-state index in [-0.39, 0.29) is 18.3 Å². The van der Waals surface area contributed by atoms with E-state index in [0.717, 1.165) is 0 Å². The lowest BCUT2D eigenvalue weighted by Gasteiger charge is -2.15. The van der Waals surface area contributed by atoms with Crippen molar-refractivity contribution in [2.75, 3.05) is 13.1 Å². The number of ether oxygens (including phenoxy) is 1. The second-order valence-corrected chi connectivity index (χ2v) is 4.26. The molecule has 0 spiro atoms. The molecule has 1 aromatic rings. The van der Waals surface area contributed by atoms with Crippen molar-refractivity contribution in [2.24, 2.45) is 5.73 Å². The minimum absolute atomic E-state index is 0. The Kier molecular flexibility index (Phi) is 8.11. The number of nitrogens with one attached hydrogen (secondary N) is 1. The largest absolute Gasteiger partial charge is 0.479 e. The molecule has 18 heavy (non-hydrogen) atoms. The lowest BCUT2D eigenvalue weighted by molar-refractivity contribution is -0.127. The fraction of sp³-hybridized carbons (Fsp3) is 0.364. The number of carbonyl (C=O) groups is 1. The second kappa shape index (κ2) is 8.43. The van der Waals surface area contributed by atoms with E-state index in [1.807, 2.05) is 0 Å². The molecule has 0 saturated heterocycles. The van der Waals surface area contributed by atoms with Crippen LogP contribution in [0, 0.1) is 0 Å². The molecule has 3 N–H and O–H groups in total. The summed E-state index contributed by atoms with van der Waals surface area (Å²) in [5.74, 6) is 0.188. The van der Waals surface area contributed by atoms with E-state index < -0.39 is 6.10 Å². The highest BCUT2D eigenvalue weighted by atomic mass is 35.5. The van der Waals surface area contributed by atoms with Gasteiger partial charge in [-0.15, -0.1) is 12.4 Å². The summed E-state index contributed by atoms with van der Waals surface area (Å²) in [5.41, 5.74) is 5.28. The van der Waals surface area contributed by atoms with Gasteiger partial charge in [0.25, 0.3) is 5.91 Å². The maximum Gasteiger partial charge on any atom is 0.260 e. The van der Waals surface area contributed by atoms with Crippen molar-refractivity contribution in [1.82, 2.24) is 5.32 Å². The van der Waals surface area contributed by atoms with Crippen LogP contribution < -0.4 is 15.8 Å². The van der Waals surface area contributed by atoms with Crippen LogP contribution in [0.1, 0.15) is 6.92 Å². The highest BCUT2D eigenvalue weighted by molar-refractivity contribution is 6.35. The summed E-state index contributed by atoms with van der Waals surface area (Å²) in [7, 11) is 0. The van der Waals surface area contributed by atoms with Crippen molar-refractivity contribution < 1.29 is 9.53 Å². The van der Waals surface area contributed by atoms with Gasteiger partial charge in [0.15, 0.2) is 6.10 Å². The van der Waals surface area contributed by atoms with Gasteiger partial charge in [-0.25, -0.2) is 0 Å². The highest BCUT2D eigenvalue weighted by Gasteiger charge is 2.15. The molecule has 0 aliphatic rings. The maximum atomic E-state index is 11.5. The van der Waals surface area contributed by atoms with Crippen LogP contribution in [0.25, 0.3) is 0 Å². The quantitative estimate of drug-likeness (QED) is 0.876. The Labute approximate surface area is 122 Å². The average Bonchev–Trinajstić information content (AvgIpc) is 2.29. The smallest absolute Gasteiger partial charge is 0.260 e. The van der Waals surface area contributed by atoms with Crippen LogP contribution in [0.5, 0.6) is 5.75 Å². The molecule has 0 aliphatic carbocycles. The monoisotopic (exact) mass is 312 g/mol. The molecule has 1 unspecified atom stereocenters. The van der Waals surface area contributed by atoms with E-state index in [1.165, 1.54) is 0 Å². The van der Waals surface area contributed by atoms with E-state index >= 15 is 0 Å². The summed E-state index contributed by atoms with van der Waals surface area (Å²) in [5, 5.41) is 3.51. The van der Waals surface area contributed by atoms with E-state index in [1.54, 1.807) is 25.1 Å². The lowest BCUT2D eigenvalue weighted by Crippen LogP contribution is -2.38. The van der Waals surface area contributed by atoms with Crippen LogP contribution >= 0.6 is 35.6 Å². The van der Waals surface area contributed by atoms with Gasteiger partial charge < -0.3 is 15.8 Å². The Hall–Kier alpha value is -0.680. The molecule has 1 rings (SSSR count). The van der Waals surface area contributed by atoms with Gasteiger partial charge in [-0.3, -0.25) is 4.79 Å². The Morgan fingerprint density at radius 3 is 2.72 bits per heavy atom. The first-order valence-electron chi connectivity index (χ1n) is 5.14. The van der Waals surface area contributed by atoms with Gasteiger partial charge in [0, 0.05) is 18.1 Å². The average molecular weight is 314 g/mol. The van der Waals surface area contributed by atoms with Crippen molar-refractivity contribution in [1.29, 1.82) is 0 Å². The zero-order chi connectivity index (χ0) is 12.8. The number of amides is 1. The maximum absolute atomic E-state index is 11.5. The molecule has 102 valence electrons. The summed E-state index contributed by atoms with van der Waals surface area (Å²) in [6, 6.07) is 4.83. The van der Waals surface area contributed by atoms with Crippen molar-refractivity contribution in [3.63, 3.8) is 0 Å². The molecule has 1 atom stereocenters. The van der Waals surface area contributed by atoms with Gasteiger partial charge in [-0.1, -0.05) is 23.2 Å². The number of hydrogen-bond acceptors (Lipinski definition) is 3. The molecule has 0 saturated carbocycles. The van der Waals surface area contributed by atoms with Gasteiger partial charge >= 0.3 is 0 Å². The Morgan fingerprint density at radius 1 is 1.50 bits per heavy atom. The first-order valence-corrected chi connectivity index (χ1v) is 5.89. The molecule has 0 heterocycles. The summed E-state index contributed by atoms with van der Waals surface area (Å²) in [6.45, 7) is 2.44. The van der Waals surface area contributed by atoms with Crippen LogP contribution in [0.3, 0.4) is 0 Å². The number of halogens is 3. The van der Waals surface area contributed by atoms with Gasteiger partial charge in [0.1, 0.15) is 5.75 Å². The van der Waals surface area contributed by atoms with Gasteiger partial charge in [-0.2, -0.15) is 0 Å². The van der Waals surface area contributed by atoms with Crippen molar-refractivity contribution in [3.05, 3.63) is 28.2 Å².